The standard InChI is InChI=1S/C7H9NO2S/c1-6-4-7(2-3-8-6)5-11(9)10/h2-4H,5H2,1H3,(H,9,10)/p-1. The third kappa shape index (κ3) is 2.78. The molecule has 0 amide bonds. The zero-order chi connectivity index (χ0) is 8.27. The SMILES string of the molecule is Cc1cc(CS(=O)[O-])ccn1. The lowest BCUT2D eigenvalue weighted by Gasteiger charge is -2.04. The lowest BCUT2D eigenvalue weighted by molar-refractivity contribution is 0.536. The molecular weight excluding hydrogens is 162 g/mol. The molecule has 0 N–H and O–H groups in total. The summed E-state index contributed by atoms with van der Waals surface area (Å²) in [5.41, 5.74) is 1.62. The first-order valence-electron chi connectivity index (χ1n) is 3.16. The van der Waals surface area contributed by atoms with Crippen LogP contribution in [0.2, 0.25) is 0 Å². The maximum absolute atomic E-state index is 10.3. The van der Waals surface area contributed by atoms with Crippen molar-refractivity contribution in [2.45, 2.75) is 12.7 Å². The van der Waals surface area contributed by atoms with Gasteiger partial charge >= 0.3 is 0 Å². The summed E-state index contributed by atoms with van der Waals surface area (Å²) in [5.74, 6) is 0.0728. The molecule has 0 bridgehead atoms. The zero-order valence-corrected chi connectivity index (χ0v) is 6.93. The molecule has 0 saturated heterocycles. The van der Waals surface area contributed by atoms with E-state index < -0.39 is 11.1 Å². The summed E-state index contributed by atoms with van der Waals surface area (Å²) in [5, 5.41) is 0. The van der Waals surface area contributed by atoms with Gasteiger partial charge in [-0.3, -0.25) is 9.19 Å². The number of pyridine rings is 1. The Kier molecular flexibility index (Phi) is 2.73. The Balaban J connectivity index is 2.79. The molecule has 1 heterocycles. The van der Waals surface area contributed by atoms with Crippen LogP contribution < -0.4 is 0 Å². The van der Waals surface area contributed by atoms with Crippen LogP contribution in [0.5, 0.6) is 0 Å². The van der Waals surface area contributed by atoms with E-state index in [4.69, 9.17) is 0 Å². The summed E-state index contributed by atoms with van der Waals surface area (Å²) < 4.78 is 20.5. The van der Waals surface area contributed by atoms with Crippen LogP contribution >= 0.6 is 0 Å². The van der Waals surface area contributed by atoms with Gasteiger partial charge in [-0.2, -0.15) is 0 Å². The Labute approximate surface area is 67.8 Å². The summed E-state index contributed by atoms with van der Waals surface area (Å²) in [7, 11) is 0. The summed E-state index contributed by atoms with van der Waals surface area (Å²) in [6.07, 6.45) is 1.61. The molecule has 1 atom stereocenters. The Morgan fingerprint density at radius 1 is 1.73 bits per heavy atom. The number of nitrogens with zero attached hydrogens (tertiary/aromatic N) is 1. The molecule has 11 heavy (non-hydrogen) atoms. The van der Waals surface area contributed by atoms with Crippen molar-refractivity contribution in [1.82, 2.24) is 4.98 Å². The molecule has 1 aromatic heterocycles. The van der Waals surface area contributed by atoms with E-state index in [1.165, 1.54) is 0 Å². The third-order valence-corrected chi connectivity index (χ3v) is 1.81. The molecule has 0 aliphatic carbocycles. The molecule has 0 spiro atoms. The second-order valence-electron chi connectivity index (χ2n) is 2.25. The molecule has 0 saturated carbocycles. The Morgan fingerprint density at radius 3 is 3.00 bits per heavy atom. The van der Waals surface area contributed by atoms with Crippen LogP contribution in [-0.4, -0.2) is 13.7 Å². The van der Waals surface area contributed by atoms with E-state index in [9.17, 15) is 8.76 Å². The van der Waals surface area contributed by atoms with Crippen LogP contribution in [0.4, 0.5) is 0 Å². The normalized spacial score (nSPS) is 12.9. The monoisotopic (exact) mass is 170 g/mol. The highest BCUT2D eigenvalue weighted by Crippen LogP contribution is 2.02. The molecule has 0 radical (unpaired) electrons. The number of hydrogen-bond acceptors (Lipinski definition) is 3. The summed E-state index contributed by atoms with van der Waals surface area (Å²) in [6, 6.07) is 3.46. The molecule has 1 aromatic rings. The molecule has 0 aliphatic rings. The predicted octanol–water partition coefficient (Wildman–Crippen LogP) is 0.769. The highest BCUT2D eigenvalue weighted by molar-refractivity contribution is 7.78. The van der Waals surface area contributed by atoms with Crippen molar-refractivity contribution in [2.24, 2.45) is 0 Å². The van der Waals surface area contributed by atoms with Gasteiger partial charge in [-0.05, 0) is 24.6 Å². The minimum Gasteiger partial charge on any atom is -0.772 e. The van der Waals surface area contributed by atoms with Crippen molar-refractivity contribution in [3.63, 3.8) is 0 Å². The number of rotatable bonds is 2. The van der Waals surface area contributed by atoms with Gasteiger partial charge in [-0.15, -0.1) is 0 Å². The molecule has 4 heteroatoms. The molecule has 0 aliphatic heterocycles. The van der Waals surface area contributed by atoms with Gasteiger partial charge < -0.3 is 4.55 Å². The fourth-order valence-corrected chi connectivity index (χ4v) is 1.28. The van der Waals surface area contributed by atoms with Gasteiger partial charge in [0.2, 0.25) is 0 Å². The van der Waals surface area contributed by atoms with Crippen LogP contribution in [0.3, 0.4) is 0 Å². The minimum atomic E-state index is -2.00. The first-order chi connectivity index (χ1) is 5.18. The van der Waals surface area contributed by atoms with Gasteiger partial charge in [0.15, 0.2) is 0 Å². The Hall–Kier alpha value is -0.740. The summed E-state index contributed by atoms with van der Waals surface area (Å²) in [6.45, 7) is 1.83. The Bertz CT molecular complexity index is 275. The van der Waals surface area contributed by atoms with Gasteiger partial charge in [0, 0.05) is 17.6 Å². The molecular formula is C7H8NO2S-. The number of aryl methyl sites for hydroxylation is 1. The summed E-state index contributed by atoms with van der Waals surface area (Å²) >= 11 is -2.00. The van der Waals surface area contributed by atoms with Crippen LogP contribution in [0.25, 0.3) is 0 Å². The number of aromatic nitrogens is 1. The molecule has 3 nitrogen and oxygen atoms in total. The van der Waals surface area contributed by atoms with Crippen LogP contribution in [0, 0.1) is 6.92 Å². The maximum Gasteiger partial charge on any atom is 0.0375 e. The van der Waals surface area contributed by atoms with Crippen molar-refractivity contribution in [1.29, 1.82) is 0 Å². The van der Waals surface area contributed by atoms with Crippen molar-refractivity contribution in [3.8, 4) is 0 Å². The zero-order valence-electron chi connectivity index (χ0n) is 6.11. The first-order valence-corrected chi connectivity index (χ1v) is 4.40. The van der Waals surface area contributed by atoms with Crippen LogP contribution in [0.1, 0.15) is 11.3 Å². The van der Waals surface area contributed by atoms with Gasteiger partial charge in [0.25, 0.3) is 0 Å². The van der Waals surface area contributed by atoms with E-state index in [0.29, 0.717) is 0 Å². The van der Waals surface area contributed by atoms with Crippen molar-refractivity contribution >= 4 is 11.1 Å². The second-order valence-corrected chi connectivity index (χ2v) is 3.15. The fourth-order valence-electron chi connectivity index (χ4n) is 0.830. The van der Waals surface area contributed by atoms with E-state index in [2.05, 4.69) is 4.98 Å². The molecule has 1 unspecified atom stereocenters. The van der Waals surface area contributed by atoms with Crippen molar-refractivity contribution in [3.05, 3.63) is 29.6 Å². The average Bonchev–Trinajstić information content (AvgIpc) is 1.85. The lowest BCUT2D eigenvalue weighted by atomic mass is 10.2. The number of hydrogen-bond donors (Lipinski definition) is 0. The van der Waals surface area contributed by atoms with E-state index in [-0.39, 0.29) is 5.75 Å². The van der Waals surface area contributed by atoms with Gasteiger partial charge in [-0.25, -0.2) is 0 Å². The Morgan fingerprint density at radius 2 is 2.45 bits per heavy atom. The molecule has 0 fully saturated rings. The fraction of sp³-hybridized carbons (Fsp3) is 0.286. The highest BCUT2D eigenvalue weighted by atomic mass is 32.2. The van der Waals surface area contributed by atoms with Crippen molar-refractivity contribution in [2.75, 3.05) is 0 Å². The van der Waals surface area contributed by atoms with E-state index in [1.54, 1.807) is 18.3 Å². The first kappa shape index (κ1) is 8.36. The van der Waals surface area contributed by atoms with Gasteiger partial charge in [0.1, 0.15) is 0 Å². The minimum absolute atomic E-state index is 0.0728. The summed E-state index contributed by atoms with van der Waals surface area (Å²) in [4.78, 5) is 3.95. The lowest BCUT2D eigenvalue weighted by Crippen LogP contribution is -1.94. The molecule has 0 aromatic carbocycles. The van der Waals surface area contributed by atoms with E-state index >= 15 is 0 Å². The third-order valence-electron chi connectivity index (χ3n) is 1.25. The van der Waals surface area contributed by atoms with Crippen LogP contribution in [-0.2, 0) is 16.8 Å². The van der Waals surface area contributed by atoms with Crippen molar-refractivity contribution < 1.29 is 8.76 Å². The van der Waals surface area contributed by atoms with Gasteiger partial charge in [-0.1, -0.05) is 11.1 Å². The quantitative estimate of drug-likeness (QED) is 0.616. The average molecular weight is 170 g/mol. The van der Waals surface area contributed by atoms with Crippen LogP contribution in [0.15, 0.2) is 18.3 Å². The highest BCUT2D eigenvalue weighted by Gasteiger charge is 1.92. The topological polar surface area (TPSA) is 53.0 Å². The van der Waals surface area contributed by atoms with Gasteiger partial charge in [0.05, 0.1) is 0 Å². The molecule has 1 rings (SSSR count). The smallest absolute Gasteiger partial charge is 0.0375 e. The molecule has 60 valence electrons. The van der Waals surface area contributed by atoms with E-state index in [1.807, 2.05) is 6.92 Å². The second kappa shape index (κ2) is 3.59. The maximum atomic E-state index is 10.3. The largest absolute Gasteiger partial charge is 0.772 e. The van der Waals surface area contributed by atoms with E-state index in [0.717, 1.165) is 11.3 Å². The predicted molar refractivity (Wildman–Crippen MR) is 41.6 cm³/mol.